The molecule has 6 nitrogen and oxygen atoms in total. The second kappa shape index (κ2) is 7.07. The molecule has 3 aromatic heterocycles. The number of nitrogens with zero attached hydrogens (tertiary/aromatic N) is 6. The molecule has 0 N–H and O–H groups in total. The van der Waals surface area contributed by atoms with Crippen LogP contribution in [0.3, 0.4) is 0 Å². The molecule has 0 unspecified atom stereocenters. The monoisotopic (exact) mass is 346 g/mol. The number of aromatic nitrogens is 6. The Morgan fingerprint density at radius 1 is 0.962 bits per heavy atom. The molecule has 0 bridgehead atoms. The van der Waals surface area contributed by atoms with Gasteiger partial charge in [-0.2, -0.15) is 5.10 Å². The standard InChI is InChI=1S/C20H22N6/c1-15(2)19-22-12-17(13-23-19)20-21-8-11-25(20)9-5-10-26-18-7-4-3-6-16(18)14-24-26/h3-4,6-8,11-15H,5,9-10H2,1-2H3. The number of rotatable bonds is 6. The Bertz CT molecular complexity index is 997. The summed E-state index contributed by atoms with van der Waals surface area (Å²) in [7, 11) is 0. The van der Waals surface area contributed by atoms with E-state index in [4.69, 9.17) is 0 Å². The van der Waals surface area contributed by atoms with Crippen molar-refractivity contribution >= 4 is 10.9 Å². The van der Waals surface area contributed by atoms with Gasteiger partial charge in [-0.1, -0.05) is 32.0 Å². The molecule has 6 heteroatoms. The molecule has 0 aliphatic heterocycles. The highest BCUT2D eigenvalue weighted by Crippen LogP contribution is 2.18. The zero-order valence-electron chi connectivity index (χ0n) is 15.1. The van der Waals surface area contributed by atoms with Gasteiger partial charge in [0.1, 0.15) is 11.6 Å². The van der Waals surface area contributed by atoms with Crippen LogP contribution in [0.1, 0.15) is 32.0 Å². The number of aryl methyl sites for hydroxylation is 2. The molecule has 26 heavy (non-hydrogen) atoms. The minimum Gasteiger partial charge on any atom is -0.331 e. The zero-order valence-corrected chi connectivity index (χ0v) is 15.1. The van der Waals surface area contributed by atoms with Crippen molar-refractivity contribution < 1.29 is 0 Å². The highest BCUT2D eigenvalue weighted by atomic mass is 15.3. The Hall–Kier alpha value is -3.02. The second-order valence-electron chi connectivity index (χ2n) is 6.71. The molecule has 4 aromatic rings. The molecule has 0 spiro atoms. The maximum Gasteiger partial charge on any atom is 0.143 e. The molecular formula is C20H22N6. The van der Waals surface area contributed by atoms with E-state index in [-0.39, 0.29) is 0 Å². The van der Waals surface area contributed by atoms with Gasteiger partial charge in [0.25, 0.3) is 0 Å². The largest absolute Gasteiger partial charge is 0.331 e. The van der Waals surface area contributed by atoms with Gasteiger partial charge in [-0.15, -0.1) is 0 Å². The number of benzene rings is 1. The molecule has 1 aromatic carbocycles. The van der Waals surface area contributed by atoms with Crippen LogP contribution in [-0.4, -0.2) is 29.3 Å². The molecule has 132 valence electrons. The van der Waals surface area contributed by atoms with Crippen LogP contribution in [0.2, 0.25) is 0 Å². The van der Waals surface area contributed by atoms with Crippen LogP contribution in [0.25, 0.3) is 22.3 Å². The molecule has 0 fully saturated rings. The van der Waals surface area contributed by atoms with Gasteiger partial charge in [-0.3, -0.25) is 4.68 Å². The quantitative estimate of drug-likeness (QED) is 0.531. The maximum absolute atomic E-state index is 4.49. The van der Waals surface area contributed by atoms with Crippen molar-refractivity contribution in [3.63, 3.8) is 0 Å². The van der Waals surface area contributed by atoms with E-state index in [1.165, 1.54) is 10.9 Å². The third kappa shape index (κ3) is 3.22. The normalized spacial score (nSPS) is 11.5. The van der Waals surface area contributed by atoms with Gasteiger partial charge < -0.3 is 4.57 Å². The van der Waals surface area contributed by atoms with Crippen molar-refractivity contribution in [2.75, 3.05) is 0 Å². The first-order valence-electron chi connectivity index (χ1n) is 8.96. The van der Waals surface area contributed by atoms with Gasteiger partial charge in [0.15, 0.2) is 0 Å². The molecule has 0 saturated carbocycles. The molecule has 3 heterocycles. The second-order valence-corrected chi connectivity index (χ2v) is 6.71. The van der Waals surface area contributed by atoms with Gasteiger partial charge in [-0.25, -0.2) is 15.0 Å². The van der Waals surface area contributed by atoms with Gasteiger partial charge in [0.2, 0.25) is 0 Å². The summed E-state index contributed by atoms with van der Waals surface area (Å²) in [5.41, 5.74) is 2.12. The first-order valence-corrected chi connectivity index (χ1v) is 8.96. The first-order chi connectivity index (χ1) is 12.7. The van der Waals surface area contributed by atoms with E-state index in [2.05, 4.69) is 61.3 Å². The number of hydrogen-bond acceptors (Lipinski definition) is 4. The molecule has 0 radical (unpaired) electrons. The van der Waals surface area contributed by atoms with Crippen LogP contribution >= 0.6 is 0 Å². The van der Waals surface area contributed by atoms with Crippen LogP contribution in [0.15, 0.2) is 55.2 Å². The van der Waals surface area contributed by atoms with E-state index in [9.17, 15) is 0 Å². The highest BCUT2D eigenvalue weighted by molar-refractivity contribution is 5.78. The summed E-state index contributed by atoms with van der Waals surface area (Å²) in [5.74, 6) is 2.09. The zero-order chi connectivity index (χ0) is 17.9. The van der Waals surface area contributed by atoms with Crippen LogP contribution in [0.5, 0.6) is 0 Å². The van der Waals surface area contributed by atoms with Gasteiger partial charge >= 0.3 is 0 Å². The van der Waals surface area contributed by atoms with E-state index in [1.54, 1.807) is 0 Å². The molecule has 0 atom stereocenters. The summed E-state index contributed by atoms with van der Waals surface area (Å²) in [4.78, 5) is 13.4. The fourth-order valence-corrected chi connectivity index (χ4v) is 3.10. The predicted octanol–water partition coefficient (Wildman–Crippen LogP) is 3.90. The van der Waals surface area contributed by atoms with Gasteiger partial charge in [-0.05, 0) is 12.5 Å². The van der Waals surface area contributed by atoms with Crippen LogP contribution < -0.4 is 0 Å². The summed E-state index contributed by atoms with van der Waals surface area (Å²) in [5, 5.41) is 5.67. The summed E-state index contributed by atoms with van der Waals surface area (Å²) >= 11 is 0. The summed E-state index contributed by atoms with van der Waals surface area (Å²) < 4.78 is 4.21. The Labute approximate surface area is 152 Å². The fourth-order valence-electron chi connectivity index (χ4n) is 3.10. The maximum atomic E-state index is 4.49. The predicted molar refractivity (Wildman–Crippen MR) is 102 cm³/mol. The van der Waals surface area contributed by atoms with E-state index < -0.39 is 0 Å². The van der Waals surface area contributed by atoms with Gasteiger partial charge in [0.05, 0.1) is 17.3 Å². The Kier molecular flexibility index (Phi) is 4.48. The average Bonchev–Trinajstić information content (AvgIpc) is 3.29. The van der Waals surface area contributed by atoms with E-state index in [0.717, 1.165) is 36.7 Å². The Morgan fingerprint density at radius 2 is 1.77 bits per heavy atom. The van der Waals surface area contributed by atoms with Crippen molar-refractivity contribution in [2.45, 2.75) is 39.3 Å². The fraction of sp³-hybridized carbons (Fsp3) is 0.300. The van der Waals surface area contributed by atoms with E-state index >= 15 is 0 Å². The lowest BCUT2D eigenvalue weighted by Gasteiger charge is -2.09. The highest BCUT2D eigenvalue weighted by Gasteiger charge is 2.09. The molecular weight excluding hydrogens is 324 g/mol. The third-order valence-electron chi connectivity index (χ3n) is 4.48. The number of para-hydroxylation sites is 1. The minimum atomic E-state index is 0.327. The lowest BCUT2D eigenvalue weighted by molar-refractivity contribution is 0.540. The Balaban J connectivity index is 1.46. The molecule has 4 rings (SSSR count). The van der Waals surface area contributed by atoms with Crippen molar-refractivity contribution in [1.29, 1.82) is 0 Å². The first kappa shape index (κ1) is 16.4. The lowest BCUT2D eigenvalue weighted by Crippen LogP contribution is -2.06. The molecule has 0 amide bonds. The van der Waals surface area contributed by atoms with E-state index in [1.807, 2.05) is 37.1 Å². The lowest BCUT2D eigenvalue weighted by atomic mass is 10.2. The minimum absolute atomic E-state index is 0.327. The molecule has 0 aliphatic rings. The molecule has 0 aliphatic carbocycles. The number of imidazole rings is 1. The summed E-state index contributed by atoms with van der Waals surface area (Å²) in [6, 6.07) is 8.29. The van der Waals surface area contributed by atoms with Crippen molar-refractivity contribution in [3.8, 4) is 11.4 Å². The SMILES string of the molecule is CC(C)c1ncc(-c2nccn2CCCn2ncc3ccccc32)cn1. The molecule has 0 saturated heterocycles. The van der Waals surface area contributed by atoms with Gasteiger partial charge in [0, 0.05) is 49.2 Å². The van der Waals surface area contributed by atoms with Crippen LogP contribution in [-0.2, 0) is 13.1 Å². The van der Waals surface area contributed by atoms with E-state index in [0.29, 0.717) is 5.92 Å². The Morgan fingerprint density at radius 3 is 2.58 bits per heavy atom. The third-order valence-corrected chi connectivity index (χ3v) is 4.48. The number of fused-ring (bicyclic) bond motifs is 1. The summed E-state index contributed by atoms with van der Waals surface area (Å²) in [6.45, 7) is 5.92. The topological polar surface area (TPSA) is 61.4 Å². The van der Waals surface area contributed by atoms with Crippen LogP contribution in [0.4, 0.5) is 0 Å². The van der Waals surface area contributed by atoms with Crippen molar-refractivity contribution in [3.05, 3.63) is 61.1 Å². The average molecular weight is 346 g/mol. The van der Waals surface area contributed by atoms with Crippen LogP contribution in [0, 0.1) is 0 Å². The number of hydrogen-bond donors (Lipinski definition) is 0. The van der Waals surface area contributed by atoms with Crippen molar-refractivity contribution in [2.24, 2.45) is 0 Å². The summed E-state index contributed by atoms with van der Waals surface area (Å²) in [6.07, 6.45) is 10.5. The van der Waals surface area contributed by atoms with Crippen molar-refractivity contribution in [1.82, 2.24) is 29.3 Å². The smallest absolute Gasteiger partial charge is 0.143 e.